The number of halogens is 1. The average Bonchev–Trinajstić information content (AvgIpc) is 3.11. The largest absolute Gasteiger partial charge is 0.496 e. The van der Waals surface area contributed by atoms with Gasteiger partial charge in [-0.2, -0.15) is 5.10 Å². The van der Waals surface area contributed by atoms with Crippen LogP contribution in [0.1, 0.15) is 16.3 Å². The Kier molecular flexibility index (Phi) is 4.72. The Morgan fingerprint density at radius 1 is 1.29 bits per heavy atom. The summed E-state index contributed by atoms with van der Waals surface area (Å²) in [7, 11) is 1.59. The van der Waals surface area contributed by atoms with Gasteiger partial charge in [0.2, 0.25) is 0 Å². The Hall–Kier alpha value is -2.93. The van der Waals surface area contributed by atoms with Crippen molar-refractivity contribution in [1.82, 2.24) is 25.5 Å². The van der Waals surface area contributed by atoms with Crippen LogP contribution in [0.5, 0.6) is 5.75 Å². The first-order valence-electron chi connectivity index (χ1n) is 7.11. The summed E-state index contributed by atoms with van der Waals surface area (Å²) < 4.78 is 5.30. The lowest BCUT2D eigenvalue weighted by molar-refractivity contribution is 0.0945. The molecule has 2 N–H and O–H groups in total. The van der Waals surface area contributed by atoms with Gasteiger partial charge in [-0.3, -0.25) is 9.89 Å². The summed E-state index contributed by atoms with van der Waals surface area (Å²) in [5.41, 5.74) is 1.77. The number of hydrogen-bond donors (Lipinski definition) is 2. The summed E-state index contributed by atoms with van der Waals surface area (Å²) in [5.74, 6) is 0.852. The second kappa shape index (κ2) is 7.10. The third-order valence-electron chi connectivity index (χ3n) is 3.29. The summed E-state index contributed by atoms with van der Waals surface area (Å²) in [5, 5.41) is 10.1. The van der Waals surface area contributed by atoms with Crippen LogP contribution in [0.15, 0.2) is 42.7 Å². The molecular formula is C16H14ClN5O2. The van der Waals surface area contributed by atoms with Gasteiger partial charge >= 0.3 is 0 Å². The highest BCUT2D eigenvalue weighted by Crippen LogP contribution is 2.28. The van der Waals surface area contributed by atoms with Crippen LogP contribution in [0, 0.1) is 0 Å². The molecular weight excluding hydrogens is 330 g/mol. The molecule has 122 valence electrons. The zero-order valence-corrected chi connectivity index (χ0v) is 13.5. The van der Waals surface area contributed by atoms with Crippen LogP contribution in [0.4, 0.5) is 0 Å². The second-order valence-corrected chi connectivity index (χ2v) is 5.30. The van der Waals surface area contributed by atoms with Crippen molar-refractivity contribution in [2.45, 2.75) is 6.54 Å². The van der Waals surface area contributed by atoms with Crippen molar-refractivity contribution in [3.8, 4) is 17.0 Å². The van der Waals surface area contributed by atoms with Gasteiger partial charge in [0.25, 0.3) is 5.91 Å². The van der Waals surface area contributed by atoms with E-state index in [2.05, 4.69) is 25.5 Å². The number of nitrogens with one attached hydrogen (secondary N) is 2. The molecule has 2 heterocycles. The lowest BCUT2D eigenvalue weighted by atomic mass is 10.1. The minimum Gasteiger partial charge on any atom is -0.496 e. The standard InChI is InChI=1S/C16H14ClN5O2/c1-24-14-5-3-2-4-11(14)12-6-13(22-21-12)16(23)20-9-15-18-7-10(17)8-19-15/h2-8H,9H2,1H3,(H,20,23)(H,21,22). The number of rotatable bonds is 5. The molecule has 0 saturated heterocycles. The third kappa shape index (κ3) is 3.52. The fraction of sp³-hybridized carbons (Fsp3) is 0.125. The minimum atomic E-state index is -0.304. The maximum Gasteiger partial charge on any atom is 0.269 e. The predicted molar refractivity (Wildman–Crippen MR) is 88.8 cm³/mol. The summed E-state index contributed by atoms with van der Waals surface area (Å²) in [6, 6.07) is 9.12. The smallest absolute Gasteiger partial charge is 0.269 e. The van der Waals surface area contributed by atoms with Crippen molar-refractivity contribution in [3.63, 3.8) is 0 Å². The number of carbonyl (C=O) groups is 1. The highest BCUT2D eigenvalue weighted by molar-refractivity contribution is 6.30. The zero-order valence-electron chi connectivity index (χ0n) is 12.8. The molecule has 7 nitrogen and oxygen atoms in total. The van der Waals surface area contributed by atoms with Crippen LogP contribution in [-0.4, -0.2) is 33.2 Å². The van der Waals surface area contributed by atoms with Gasteiger partial charge in [-0.1, -0.05) is 23.7 Å². The van der Waals surface area contributed by atoms with Gasteiger partial charge in [-0.05, 0) is 18.2 Å². The van der Waals surface area contributed by atoms with E-state index in [4.69, 9.17) is 16.3 Å². The number of ether oxygens (including phenoxy) is 1. The Labute approximate surface area is 143 Å². The van der Waals surface area contributed by atoms with Gasteiger partial charge < -0.3 is 10.1 Å². The molecule has 0 aliphatic heterocycles. The van der Waals surface area contributed by atoms with Crippen LogP contribution in [0.3, 0.4) is 0 Å². The number of benzene rings is 1. The van der Waals surface area contributed by atoms with Crippen molar-refractivity contribution in [2.24, 2.45) is 0 Å². The molecule has 24 heavy (non-hydrogen) atoms. The Bertz CT molecular complexity index is 848. The van der Waals surface area contributed by atoms with Gasteiger partial charge in [0.1, 0.15) is 17.3 Å². The number of amides is 1. The van der Waals surface area contributed by atoms with E-state index in [1.54, 1.807) is 13.2 Å². The Balaban J connectivity index is 1.70. The second-order valence-electron chi connectivity index (χ2n) is 4.87. The van der Waals surface area contributed by atoms with Crippen LogP contribution in [0.2, 0.25) is 5.02 Å². The first kappa shape index (κ1) is 15.9. The maximum absolute atomic E-state index is 12.2. The monoisotopic (exact) mass is 343 g/mol. The van der Waals surface area contributed by atoms with E-state index < -0.39 is 0 Å². The summed E-state index contributed by atoms with van der Waals surface area (Å²) in [6.07, 6.45) is 2.96. The molecule has 0 atom stereocenters. The van der Waals surface area contributed by atoms with E-state index in [-0.39, 0.29) is 12.5 Å². The number of aromatic amines is 1. The number of methoxy groups -OCH3 is 1. The molecule has 0 fully saturated rings. The summed E-state index contributed by atoms with van der Waals surface area (Å²) in [4.78, 5) is 20.2. The molecule has 3 aromatic rings. The van der Waals surface area contributed by atoms with Crippen LogP contribution >= 0.6 is 11.6 Å². The molecule has 0 aliphatic carbocycles. The lowest BCUT2D eigenvalue weighted by Crippen LogP contribution is -2.24. The van der Waals surface area contributed by atoms with Crippen molar-refractivity contribution >= 4 is 17.5 Å². The molecule has 2 aromatic heterocycles. The number of para-hydroxylation sites is 1. The van der Waals surface area contributed by atoms with E-state index in [0.717, 1.165) is 5.56 Å². The Morgan fingerprint density at radius 3 is 2.79 bits per heavy atom. The molecule has 0 bridgehead atoms. The van der Waals surface area contributed by atoms with E-state index in [1.807, 2.05) is 24.3 Å². The first-order chi connectivity index (χ1) is 11.7. The summed E-state index contributed by atoms with van der Waals surface area (Å²) in [6.45, 7) is 0.193. The maximum atomic E-state index is 12.2. The normalized spacial score (nSPS) is 10.4. The van der Waals surface area contributed by atoms with Crippen LogP contribution < -0.4 is 10.1 Å². The fourth-order valence-corrected chi connectivity index (χ4v) is 2.21. The van der Waals surface area contributed by atoms with Crippen LogP contribution in [-0.2, 0) is 6.54 Å². The van der Waals surface area contributed by atoms with E-state index in [0.29, 0.717) is 28.0 Å². The molecule has 0 saturated carbocycles. The predicted octanol–water partition coefficient (Wildman–Crippen LogP) is 2.46. The van der Waals surface area contributed by atoms with E-state index in [1.165, 1.54) is 12.4 Å². The highest BCUT2D eigenvalue weighted by atomic mass is 35.5. The molecule has 0 radical (unpaired) electrons. The molecule has 8 heteroatoms. The highest BCUT2D eigenvalue weighted by Gasteiger charge is 2.13. The molecule has 0 unspecified atom stereocenters. The number of hydrogen-bond acceptors (Lipinski definition) is 5. The molecule has 3 rings (SSSR count). The average molecular weight is 344 g/mol. The molecule has 1 aromatic carbocycles. The molecule has 0 spiro atoms. The van der Waals surface area contributed by atoms with Gasteiger partial charge in [0.15, 0.2) is 0 Å². The van der Waals surface area contributed by atoms with Crippen molar-refractivity contribution in [3.05, 3.63) is 59.3 Å². The first-order valence-corrected chi connectivity index (χ1v) is 7.48. The zero-order chi connectivity index (χ0) is 16.9. The molecule has 1 amide bonds. The quantitative estimate of drug-likeness (QED) is 0.742. The van der Waals surface area contributed by atoms with Gasteiger partial charge in [0, 0.05) is 18.0 Å². The number of carbonyl (C=O) groups excluding carboxylic acids is 1. The lowest BCUT2D eigenvalue weighted by Gasteiger charge is -2.04. The van der Waals surface area contributed by atoms with E-state index >= 15 is 0 Å². The minimum absolute atomic E-state index is 0.193. The van der Waals surface area contributed by atoms with Gasteiger partial charge in [-0.15, -0.1) is 0 Å². The van der Waals surface area contributed by atoms with Crippen molar-refractivity contribution in [2.75, 3.05) is 7.11 Å². The molecule has 0 aliphatic rings. The summed E-state index contributed by atoms with van der Waals surface area (Å²) >= 11 is 5.72. The Morgan fingerprint density at radius 2 is 2.04 bits per heavy atom. The number of nitrogens with zero attached hydrogens (tertiary/aromatic N) is 3. The van der Waals surface area contributed by atoms with Crippen molar-refractivity contribution < 1.29 is 9.53 Å². The van der Waals surface area contributed by atoms with Crippen LogP contribution in [0.25, 0.3) is 11.3 Å². The number of aromatic nitrogens is 4. The fourth-order valence-electron chi connectivity index (χ4n) is 2.12. The van der Waals surface area contributed by atoms with E-state index in [9.17, 15) is 4.79 Å². The van der Waals surface area contributed by atoms with Crippen molar-refractivity contribution in [1.29, 1.82) is 0 Å². The topological polar surface area (TPSA) is 92.8 Å². The van der Waals surface area contributed by atoms with Gasteiger partial charge in [0.05, 0.1) is 24.4 Å². The third-order valence-corrected chi connectivity index (χ3v) is 3.48. The van der Waals surface area contributed by atoms with Gasteiger partial charge in [-0.25, -0.2) is 9.97 Å². The number of H-pyrrole nitrogens is 1. The SMILES string of the molecule is COc1ccccc1-c1cc(C(=O)NCc2ncc(Cl)cn2)[nH]n1.